The van der Waals surface area contributed by atoms with E-state index < -0.39 is 5.97 Å². The number of nitrogens with zero attached hydrogens (tertiary/aromatic N) is 1. The summed E-state index contributed by atoms with van der Waals surface area (Å²) in [5, 5.41) is 11.7. The van der Waals surface area contributed by atoms with E-state index in [4.69, 9.17) is 10.8 Å². The lowest BCUT2D eigenvalue weighted by molar-refractivity contribution is -0.137. The Bertz CT molecular complexity index is 445. The number of carbonyl (C=O) groups is 2. The van der Waals surface area contributed by atoms with E-state index in [1.54, 1.807) is 6.92 Å². The fourth-order valence-electron chi connectivity index (χ4n) is 1.45. The van der Waals surface area contributed by atoms with E-state index in [1.807, 2.05) is 6.92 Å². The molecule has 0 aromatic carbocycles. The summed E-state index contributed by atoms with van der Waals surface area (Å²) < 4.78 is 0. The number of carboxylic acid groups (broad SMARTS) is 1. The normalized spacial score (nSPS) is 12.1. The van der Waals surface area contributed by atoms with Crippen molar-refractivity contribution in [2.45, 2.75) is 26.7 Å². The van der Waals surface area contributed by atoms with Crippen molar-refractivity contribution in [3.05, 3.63) is 10.6 Å². The Morgan fingerprint density at radius 3 is 2.72 bits per heavy atom. The zero-order valence-electron chi connectivity index (χ0n) is 10.4. The summed E-state index contributed by atoms with van der Waals surface area (Å²) >= 11 is 1.15. The lowest BCUT2D eigenvalue weighted by atomic mass is 10.1. The molecular formula is C11H17N3O3S. The molecule has 1 amide bonds. The van der Waals surface area contributed by atoms with Crippen molar-refractivity contribution < 1.29 is 14.7 Å². The molecule has 0 saturated heterocycles. The number of aliphatic carboxylic acids is 1. The number of thiazole rings is 1. The van der Waals surface area contributed by atoms with E-state index in [0.29, 0.717) is 28.7 Å². The van der Waals surface area contributed by atoms with Crippen molar-refractivity contribution in [1.82, 2.24) is 10.3 Å². The van der Waals surface area contributed by atoms with Gasteiger partial charge in [-0.05, 0) is 19.3 Å². The van der Waals surface area contributed by atoms with Crippen LogP contribution in [0.1, 0.15) is 35.1 Å². The third-order valence-electron chi connectivity index (χ3n) is 2.48. The molecule has 18 heavy (non-hydrogen) atoms. The van der Waals surface area contributed by atoms with Gasteiger partial charge in [-0.3, -0.25) is 9.59 Å². The first-order valence-corrected chi connectivity index (χ1v) is 6.44. The Hall–Kier alpha value is -1.63. The maximum atomic E-state index is 11.8. The van der Waals surface area contributed by atoms with E-state index in [0.717, 1.165) is 11.3 Å². The third-order valence-corrected chi connectivity index (χ3v) is 3.47. The van der Waals surface area contributed by atoms with Crippen LogP contribution >= 0.6 is 11.3 Å². The van der Waals surface area contributed by atoms with E-state index in [2.05, 4.69) is 10.3 Å². The van der Waals surface area contributed by atoms with Gasteiger partial charge in [0.15, 0.2) is 5.13 Å². The average Bonchev–Trinajstić information content (AvgIpc) is 2.62. The molecule has 0 fully saturated rings. The fourth-order valence-corrected chi connectivity index (χ4v) is 2.20. The van der Waals surface area contributed by atoms with Crippen LogP contribution in [0, 0.1) is 12.8 Å². The second-order valence-electron chi connectivity index (χ2n) is 4.21. The SMILES string of the molecule is Cc1nc(N)sc1C(=O)NCC(C)CCC(=O)O. The molecule has 1 atom stereocenters. The first kappa shape index (κ1) is 14.4. The largest absolute Gasteiger partial charge is 0.481 e. The minimum Gasteiger partial charge on any atom is -0.481 e. The summed E-state index contributed by atoms with van der Waals surface area (Å²) in [6.45, 7) is 4.08. The molecule has 100 valence electrons. The maximum Gasteiger partial charge on any atom is 0.303 e. The number of hydrogen-bond acceptors (Lipinski definition) is 5. The van der Waals surface area contributed by atoms with Crippen LogP contribution in [-0.4, -0.2) is 28.5 Å². The Morgan fingerprint density at radius 2 is 2.22 bits per heavy atom. The number of nitrogens with one attached hydrogen (secondary N) is 1. The standard InChI is InChI=1S/C11H17N3O3S/c1-6(3-4-8(15)16)5-13-10(17)9-7(2)14-11(12)18-9/h6H,3-5H2,1-2H3,(H2,12,14)(H,13,17)(H,15,16). The predicted octanol–water partition coefficient (Wildman–Crippen LogP) is 1.26. The van der Waals surface area contributed by atoms with Gasteiger partial charge < -0.3 is 16.2 Å². The molecular weight excluding hydrogens is 254 g/mol. The molecule has 0 aliphatic heterocycles. The first-order chi connectivity index (χ1) is 8.40. The Balaban J connectivity index is 2.41. The predicted molar refractivity (Wildman–Crippen MR) is 69.6 cm³/mol. The highest BCUT2D eigenvalue weighted by Crippen LogP contribution is 2.19. The molecule has 1 aromatic rings. The van der Waals surface area contributed by atoms with Crippen LogP contribution in [0.3, 0.4) is 0 Å². The molecule has 7 heteroatoms. The van der Waals surface area contributed by atoms with Crippen LogP contribution in [0.15, 0.2) is 0 Å². The van der Waals surface area contributed by atoms with Gasteiger partial charge in [0.25, 0.3) is 5.91 Å². The highest BCUT2D eigenvalue weighted by molar-refractivity contribution is 7.17. The van der Waals surface area contributed by atoms with Gasteiger partial charge in [0.2, 0.25) is 0 Å². The minimum atomic E-state index is -0.820. The number of carbonyl (C=O) groups excluding carboxylic acids is 1. The Morgan fingerprint density at radius 1 is 1.56 bits per heavy atom. The van der Waals surface area contributed by atoms with Gasteiger partial charge in [0, 0.05) is 13.0 Å². The Labute approximate surface area is 109 Å². The molecule has 0 aliphatic carbocycles. The van der Waals surface area contributed by atoms with Gasteiger partial charge in [-0.1, -0.05) is 18.3 Å². The van der Waals surface area contributed by atoms with Crippen molar-refractivity contribution in [2.24, 2.45) is 5.92 Å². The minimum absolute atomic E-state index is 0.115. The van der Waals surface area contributed by atoms with Crippen molar-refractivity contribution >= 4 is 28.3 Å². The molecule has 0 bridgehead atoms. The summed E-state index contributed by atoms with van der Waals surface area (Å²) in [7, 11) is 0. The molecule has 1 unspecified atom stereocenters. The molecule has 1 aromatic heterocycles. The smallest absolute Gasteiger partial charge is 0.303 e. The van der Waals surface area contributed by atoms with E-state index in [1.165, 1.54) is 0 Å². The highest BCUT2D eigenvalue weighted by atomic mass is 32.1. The molecule has 0 radical (unpaired) electrons. The molecule has 1 heterocycles. The number of aromatic nitrogens is 1. The van der Waals surface area contributed by atoms with Crippen LogP contribution < -0.4 is 11.1 Å². The summed E-state index contributed by atoms with van der Waals surface area (Å²) in [5.41, 5.74) is 6.14. The second-order valence-corrected chi connectivity index (χ2v) is 5.24. The lowest BCUT2D eigenvalue weighted by Gasteiger charge is -2.10. The highest BCUT2D eigenvalue weighted by Gasteiger charge is 2.15. The lowest BCUT2D eigenvalue weighted by Crippen LogP contribution is -2.28. The number of anilines is 1. The number of aryl methyl sites for hydroxylation is 1. The quantitative estimate of drug-likeness (QED) is 0.722. The van der Waals surface area contributed by atoms with E-state index in [-0.39, 0.29) is 18.2 Å². The summed E-state index contributed by atoms with van der Waals surface area (Å²) in [6.07, 6.45) is 0.656. The molecule has 1 rings (SSSR count). The number of amides is 1. The average molecular weight is 271 g/mol. The molecule has 0 saturated carbocycles. The molecule has 0 spiro atoms. The number of carboxylic acids is 1. The van der Waals surface area contributed by atoms with E-state index in [9.17, 15) is 9.59 Å². The van der Waals surface area contributed by atoms with Crippen LogP contribution in [0.5, 0.6) is 0 Å². The van der Waals surface area contributed by atoms with Crippen LogP contribution in [0.4, 0.5) is 5.13 Å². The summed E-state index contributed by atoms with van der Waals surface area (Å²) in [4.78, 5) is 26.7. The van der Waals surface area contributed by atoms with Gasteiger partial charge in [-0.25, -0.2) is 4.98 Å². The van der Waals surface area contributed by atoms with Crippen molar-refractivity contribution in [3.63, 3.8) is 0 Å². The topological polar surface area (TPSA) is 105 Å². The van der Waals surface area contributed by atoms with Crippen molar-refractivity contribution in [2.75, 3.05) is 12.3 Å². The molecule has 6 nitrogen and oxygen atoms in total. The second kappa shape index (κ2) is 6.34. The zero-order chi connectivity index (χ0) is 13.7. The number of nitrogens with two attached hydrogens (primary N) is 1. The monoisotopic (exact) mass is 271 g/mol. The van der Waals surface area contributed by atoms with Gasteiger partial charge in [0.05, 0.1) is 5.69 Å². The van der Waals surface area contributed by atoms with Crippen LogP contribution in [0.25, 0.3) is 0 Å². The van der Waals surface area contributed by atoms with Crippen molar-refractivity contribution in [3.8, 4) is 0 Å². The van der Waals surface area contributed by atoms with Gasteiger partial charge in [-0.15, -0.1) is 0 Å². The van der Waals surface area contributed by atoms with Gasteiger partial charge >= 0.3 is 5.97 Å². The van der Waals surface area contributed by atoms with E-state index >= 15 is 0 Å². The fraction of sp³-hybridized carbons (Fsp3) is 0.545. The zero-order valence-corrected chi connectivity index (χ0v) is 11.2. The number of nitrogen functional groups attached to an aromatic ring is 1. The third kappa shape index (κ3) is 4.33. The van der Waals surface area contributed by atoms with Crippen molar-refractivity contribution in [1.29, 1.82) is 0 Å². The maximum absolute atomic E-state index is 11.8. The summed E-state index contributed by atoms with van der Waals surface area (Å²) in [6, 6.07) is 0. The molecule has 4 N–H and O–H groups in total. The van der Waals surface area contributed by atoms with Gasteiger partial charge in [0.1, 0.15) is 4.88 Å². The molecule has 0 aliphatic rings. The van der Waals surface area contributed by atoms with Crippen LogP contribution in [0.2, 0.25) is 0 Å². The number of hydrogen-bond donors (Lipinski definition) is 3. The number of rotatable bonds is 6. The van der Waals surface area contributed by atoms with Crippen LogP contribution in [-0.2, 0) is 4.79 Å². The first-order valence-electron chi connectivity index (χ1n) is 5.63. The Kier molecular flexibility index (Phi) is 5.08. The van der Waals surface area contributed by atoms with Gasteiger partial charge in [-0.2, -0.15) is 0 Å². The summed E-state index contributed by atoms with van der Waals surface area (Å²) in [5.74, 6) is -0.904.